The molecule has 0 aliphatic heterocycles. The first-order chi connectivity index (χ1) is 9.77. The highest BCUT2D eigenvalue weighted by Crippen LogP contribution is 2.20. The summed E-state index contributed by atoms with van der Waals surface area (Å²) in [6, 6.07) is 6.15. The van der Waals surface area contributed by atoms with Crippen LogP contribution in [0.4, 0.5) is 5.69 Å². The number of nitrogens with one attached hydrogen (secondary N) is 1. The van der Waals surface area contributed by atoms with Crippen molar-refractivity contribution in [1.82, 2.24) is 5.32 Å². The van der Waals surface area contributed by atoms with E-state index in [0.29, 0.717) is 5.56 Å². The molecule has 0 aromatic heterocycles. The van der Waals surface area contributed by atoms with Gasteiger partial charge in [0.25, 0.3) is 5.69 Å². The van der Waals surface area contributed by atoms with Crippen LogP contribution in [0.5, 0.6) is 0 Å². The minimum Gasteiger partial charge on any atom is -0.388 e. The number of nitro benzene ring substituents is 1. The molecule has 1 amide bonds. The lowest BCUT2D eigenvalue weighted by Gasteiger charge is -2.29. The molecule has 0 bridgehead atoms. The Morgan fingerprint density at radius 3 is 2.67 bits per heavy atom. The number of benzene rings is 1. The third-order valence-electron chi connectivity index (χ3n) is 3.86. The van der Waals surface area contributed by atoms with Crippen LogP contribution in [-0.2, 0) is 11.2 Å². The second-order valence-corrected chi connectivity index (χ2v) is 5.51. The molecule has 0 aliphatic carbocycles. The minimum atomic E-state index is -0.993. The van der Waals surface area contributed by atoms with Crippen LogP contribution < -0.4 is 5.32 Å². The van der Waals surface area contributed by atoms with Crippen molar-refractivity contribution in [2.24, 2.45) is 5.92 Å². The van der Waals surface area contributed by atoms with E-state index in [4.69, 9.17) is 0 Å². The summed E-state index contributed by atoms with van der Waals surface area (Å²) in [4.78, 5) is 22.3. The molecular formula is C15H22N2O4. The van der Waals surface area contributed by atoms with Gasteiger partial charge in [0.1, 0.15) is 0 Å². The summed E-state index contributed by atoms with van der Waals surface area (Å²) in [5.41, 5.74) is -0.697. The first-order valence-corrected chi connectivity index (χ1v) is 6.99. The maximum atomic E-state index is 11.9. The third kappa shape index (κ3) is 4.82. The van der Waals surface area contributed by atoms with Crippen molar-refractivity contribution in [3.63, 3.8) is 0 Å². The predicted octanol–water partition coefficient (Wildman–Crippen LogP) is 2.05. The normalized spacial score (nSPS) is 15.0. The molecule has 1 aromatic carbocycles. The Kier molecular flexibility index (Phi) is 5.84. The molecule has 21 heavy (non-hydrogen) atoms. The molecule has 2 atom stereocenters. The van der Waals surface area contributed by atoms with Crippen molar-refractivity contribution in [2.45, 2.75) is 39.2 Å². The van der Waals surface area contributed by atoms with Gasteiger partial charge in [-0.3, -0.25) is 14.9 Å². The van der Waals surface area contributed by atoms with Gasteiger partial charge in [-0.05, 0) is 12.8 Å². The molecule has 0 aliphatic rings. The van der Waals surface area contributed by atoms with Gasteiger partial charge in [0.05, 0.1) is 16.9 Å². The summed E-state index contributed by atoms with van der Waals surface area (Å²) in [6.07, 6.45) is 0.723. The molecule has 0 heterocycles. The highest BCUT2D eigenvalue weighted by molar-refractivity contribution is 5.79. The number of hydrogen-bond donors (Lipinski definition) is 2. The number of aliphatic hydroxyl groups is 1. The Balaban J connectivity index is 2.65. The number of rotatable bonds is 7. The van der Waals surface area contributed by atoms with Crippen LogP contribution in [0.3, 0.4) is 0 Å². The van der Waals surface area contributed by atoms with Crippen molar-refractivity contribution in [2.75, 3.05) is 6.54 Å². The average molecular weight is 294 g/mol. The molecule has 2 unspecified atom stereocenters. The van der Waals surface area contributed by atoms with Gasteiger partial charge in [-0.1, -0.05) is 38.5 Å². The molecule has 6 nitrogen and oxygen atoms in total. The quantitative estimate of drug-likeness (QED) is 0.594. The molecule has 0 saturated carbocycles. The van der Waals surface area contributed by atoms with E-state index >= 15 is 0 Å². The molecule has 1 aromatic rings. The molecule has 0 spiro atoms. The van der Waals surface area contributed by atoms with E-state index in [2.05, 4.69) is 5.32 Å². The van der Waals surface area contributed by atoms with Crippen LogP contribution in [0.25, 0.3) is 0 Å². The molecule has 2 N–H and O–H groups in total. The molecule has 0 radical (unpaired) electrons. The monoisotopic (exact) mass is 294 g/mol. The van der Waals surface area contributed by atoms with Gasteiger partial charge in [-0.25, -0.2) is 0 Å². The van der Waals surface area contributed by atoms with Crippen molar-refractivity contribution in [1.29, 1.82) is 0 Å². The number of nitro groups is 1. The van der Waals surface area contributed by atoms with Gasteiger partial charge in [0, 0.05) is 18.2 Å². The fourth-order valence-electron chi connectivity index (χ4n) is 1.97. The molecule has 1 rings (SSSR count). The zero-order valence-electron chi connectivity index (χ0n) is 12.6. The summed E-state index contributed by atoms with van der Waals surface area (Å²) < 4.78 is 0. The Morgan fingerprint density at radius 2 is 2.10 bits per heavy atom. The SMILES string of the molecule is CCC(C)C(C)(O)CNC(=O)Cc1ccccc1[N+](=O)[O-]. The van der Waals surface area contributed by atoms with Gasteiger partial charge in [-0.15, -0.1) is 0 Å². The van der Waals surface area contributed by atoms with Crippen LogP contribution in [0.1, 0.15) is 32.8 Å². The second-order valence-electron chi connectivity index (χ2n) is 5.51. The van der Waals surface area contributed by atoms with E-state index in [1.54, 1.807) is 25.1 Å². The zero-order valence-corrected chi connectivity index (χ0v) is 12.6. The summed E-state index contributed by atoms with van der Waals surface area (Å²) in [5.74, 6) is -0.295. The largest absolute Gasteiger partial charge is 0.388 e. The van der Waals surface area contributed by atoms with E-state index in [1.807, 2.05) is 13.8 Å². The van der Waals surface area contributed by atoms with Crippen molar-refractivity contribution in [3.8, 4) is 0 Å². The summed E-state index contributed by atoms with van der Waals surface area (Å²) in [7, 11) is 0. The van der Waals surface area contributed by atoms with Crippen LogP contribution in [-0.4, -0.2) is 28.1 Å². The van der Waals surface area contributed by atoms with Crippen LogP contribution in [0.15, 0.2) is 24.3 Å². The smallest absolute Gasteiger partial charge is 0.273 e. The molecule has 0 fully saturated rings. The fourth-order valence-corrected chi connectivity index (χ4v) is 1.97. The Morgan fingerprint density at radius 1 is 1.48 bits per heavy atom. The second kappa shape index (κ2) is 7.17. The third-order valence-corrected chi connectivity index (χ3v) is 3.86. The lowest BCUT2D eigenvalue weighted by molar-refractivity contribution is -0.385. The Hall–Kier alpha value is -1.95. The highest BCUT2D eigenvalue weighted by Gasteiger charge is 2.27. The lowest BCUT2D eigenvalue weighted by atomic mass is 9.88. The summed E-state index contributed by atoms with van der Waals surface area (Å²) >= 11 is 0. The van der Waals surface area contributed by atoms with Crippen molar-refractivity contribution >= 4 is 11.6 Å². The average Bonchev–Trinajstić information content (AvgIpc) is 2.44. The Bertz CT molecular complexity index is 514. The van der Waals surface area contributed by atoms with Crippen LogP contribution in [0, 0.1) is 16.0 Å². The molecular weight excluding hydrogens is 272 g/mol. The van der Waals surface area contributed by atoms with Crippen molar-refractivity contribution < 1.29 is 14.8 Å². The number of carbonyl (C=O) groups is 1. The number of amides is 1. The first kappa shape index (κ1) is 17.1. The van der Waals surface area contributed by atoms with Gasteiger partial charge in [0.15, 0.2) is 0 Å². The first-order valence-electron chi connectivity index (χ1n) is 6.99. The van der Waals surface area contributed by atoms with Gasteiger partial charge in [-0.2, -0.15) is 0 Å². The standard InChI is InChI=1S/C15H22N2O4/c1-4-11(2)15(3,19)10-16-14(18)9-12-7-5-6-8-13(12)17(20)21/h5-8,11,19H,4,9-10H2,1-3H3,(H,16,18). The lowest BCUT2D eigenvalue weighted by Crippen LogP contribution is -2.45. The number of hydrogen-bond acceptors (Lipinski definition) is 4. The number of carbonyl (C=O) groups excluding carboxylic acids is 1. The zero-order chi connectivity index (χ0) is 16.0. The summed E-state index contributed by atoms with van der Waals surface area (Å²) in [6.45, 7) is 5.68. The Labute approximate surface area is 124 Å². The van der Waals surface area contributed by atoms with Gasteiger partial charge < -0.3 is 10.4 Å². The highest BCUT2D eigenvalue weighted by atomic mass is 16.6. The van der Waals surface area contributed by atoms with Crippen LogP contribution in [0.2, 0.25) is 0 Å². The van der Waals surface area contributed by atoms with E-state index < -0.39 is 10.5 Å². The van der Waals surface area contributed by atoms with Crippen LogP contribution >= 0.6 is 0 Å². The van der Waals surface area contributed by atoms with Gasteiger partial charge >= 0.3 is 0 Å². The van der Waals surface area contributed by atoms with Gasteiger partial charge in [0.2, 0.25) is 5.91 Å². The minimum absolute atomic E-state index is 0.0452. The number of nitrogens with zero attached hydrogens (tertiary/aromatic N) is 1. The fraction of sp³-hybridized carbons (Fsp3) is 0.533. The maximum absolute atomic E-state index is 11.9. The predicted molar refractivity (Wildman–Crippen MR) is 79.9 cm³/mol. The topological polar surface area (TPSA) is 92.5 Å². The molecule has 116 valence electrons. The van der Waals surface area contributed by atoms with E-state index in [-0.39, 0.29) is 30.5 Å². The van der Waals surface area contributed by atoms with E-state index in [9.17, 15) is 20.0 Å². The maximum Gasteiger partial charge on any atom is 0.273 e. The number of para-hydroxylation sites is 1. The van der Waals surface area contributed by atoms with Crippen molar-refractivity contribution in [3.05, 3.63) is 39.9 Å². The molecule has 0 saturated heterocycles. The molecule has 6 heteroatoms. The summed E-state index contributed by atoms with van der Waals surface area (Å²) in [5, 5.41) is 23.7. The van der Waals surface area contributed by atoms with E-state index in [0.717, 1.165) is 6.42 Å². The van der Waals surface area contributed by atoms with E-state index in [1.165, 1.54) is 6.07 Å².